The molecule has 102 valence electrons. The van der Waals surface area contributed by atoms with E-state index in [1.807, 2.05) is 0 Å². The van der Waals surface area contributed by atoms with Gasteiger partial charge in [0.15, 0.2) is 0 Å². The molecule has 9 heteroatoms. The SMILES string of the molecule is CC(C)(C(=O)ON)c1ccc([N+](=O)[O-])cc1[N+](=O)[O-]. The van der Waals surface area contributed by atoms with E-state index in [1.54, 1.807) is 0 Å². The smallest absolute Gasteiger partial charge is 0.334 e. The van der Waals surface area contributed by atoms with E-state index in [0.29, 0.717) is 0 Å². The fourth-order valence-electron chi connectivity index (χ4n) is 1.57. The second-order valence-corrected chi connectivity index (χ2v) is 4.25. The van der Waals surface area contributed by atoms with Gasteiger partial charge in [-0.2, -0.15) is 5.90 Å². The minimum Gasteiger partial charge on any atom is -0.373 e. The quantitative estimate of drug-likeness (QED) is 0.639. The van der Waals surface area contributed by atoms with E-state index in [2.05, 4.69) is 4.84 Å². The summed E-state index contributed by atoms with van der Waals surface area (Å²) in [5, 5.41) is 21.6. The first-order chi connectivity index (χ1) is 8.71. The maximum atomic E-state index is 11.5. The molecule has 0 saturated carbocycles. The van der Waals surface area contributed by atoms with Gasteiger partial charge >= 0.3 is 5.97 Å². The largest absolute Gasteiger partial charge is 0.373 e. The maximum Gasteiger partial charge on any atom is 0.334 e. The van der Waals surface area contributed by atoms with E-state index in [-0.39, 0.29) is 5.56 Å². The lowest BCUT2D eigenvalue weighted by Crippen LogP contribution is -2.33. The third kappa shape index (κ3) is 2.65. The Morgan fingerprint density at radius 1 is 1.26 bits per heavy atom. The molecular weight excluding hydrogens is 258 g/mol. The molecule has 0 bridgehead atoms. The van der Waals surface area contributed by atoms with Gasteiger partial charge < -0.3 is 4.84 Å². The Balaban J connectivity index is 3.48. The van der Waals surface area contributed by atoms with Gasteiger partial charge in [-0.15, -0.1) is 0 Å². The highest BCUT2D eigenvalue weighted by Crippen LogP contribution is 2.34. The van der Waals surface area contributed by atoms with Crippen LogP contribution in [-0.4, -0.2) is 15.8 Å². The van der Waals surface area contributed by atoms with Crippen LogP contribution in [0.15, 0.2) is 18.2 Å². The summed E-state index contributed by atoms with van der Waals surface area (Å²) < 4.78 is 0. The van der Waals surface area contributed by atoms with E-state index in [4.69, 9.17) is 5.90 Å². The van der Waals surface area contributed by atoms with Crippen LogP contribution < -0.4 is 5.90 Å². The third-order valence-corrected chi connectivity index (χ3v) is 2.68. The number of carbonyl (C=O) groups excluding carboxylic acids is 1. The van der Waals surface area contributed by atoms with Crippen molar-refractivity contribution in [1.29, 1.82) is 0 Å². The van der Waals surface area contributed by atoms with Crippen molar-refractivity contribution >= 4 is 17.3 Å². The molecule has 0 atom stereocenters. The van der Waals surface area contributed by atoms with Crippen molar-refractivity contribution in [3.8, 4) is 0 Å². The van der Waals surface area contributed by atoms with Crippen molar-refractivity contribution in [2.45, 2.75) is 19.3 Å². The Morgan fingerprint density at radius 2 is 1.84 bits per heavy atom. The third-order valence-electron chi connectivity index (χ3n) is 2.68. The van der Waals surface area contributed by atoms with Crippen LogP contribution in [0.4, 0.5) is 11.4 Å². The summed E-state index contributed by atoms with van der Waals surface area (Å²) >= 11 is 0. The van der Waals surface area contributed by atoms with Crippen molar-refractivity contribution in [2.75, 3.05) is 0 Å². The normalized spacial score (nSPS) is 10.9. The molecule has 0 radical (unpaired) electrons. The van der Waals surface area contributed by atoms with Crippen LogP contribution in [-0.2, 0) is 15.0 Å². The van der Waals surface area contributed by atoms with E-state index < -0.39 is 32.6 Å². The molecule has 0 amide bonds. The number of rotatable bonds is 4. The predicted octanol–water partition coefficient (Wildman–Crippen LogP) is 1.20. The molecule has 0 fully saturated rings. The molecule has 0 aromatic heterocycles. The summed E-state index contributed by atoms with van der Waals surface area (Å²) in [5.41, 5.74) is -2.39. The number of nitro groups is 2. The highest BCUT2D eigenvalue weighted by atomic mass is 16.7. The highest BCUT2D eigenvalue weighted by molar-refractivity contribution is 5.83. The number of carbonyl (C=O) groups is 1. The van der Waals surface area contributed by atoms with Gasteiger partial charge in [0.1, 0.15) is 0 Å². The molecule has 1 aromatic rings. The first-order valence-electron chi connectivity index (χ1n) is 5.06. The molecule has 0 heterocycles. The van der Waals surface area contributed by atoms with Crippen molar-refractivity contribution < 1.29 is 19.5 Å². The molecule has 19 heavy (non-hydrogen) atoms. The minimum absolute atomic E-state index is 0.0152. The molecule has 2 N–H and O–H groups in total. The molecule has 0 saturated heterocycles. The summed E-state index contributed by atoms with van der Waals surface area (Å²) in [6, 6.07) is 3.02. The summed E-state index contributed by atoms with van der Waals surface area (Å²) in [5.74, 6) is 3.89. The first kappa shape index (κ1) is 14.5. The first-order valence-corrected chi connectivity index (χ1v) is 5.06. The molecule has 0 aliphatic carbocycles. The van der Waals surface area contributed by atoms with Crippen LogP contribution in [0.2, 0.25) is 0 Å². The van der Waals surface area contributed by atoms with Gasteiger partial charge in [0, 0.05) is 11.6 Å². The molecule has 0 aliphatic heterocycles. The van der Waals surface area contributed by atoms with Crippen LogP contribution in [0.1, 0.15) is 19.4 Å². The predicted molar refractivity (Wildman–Crippen MR) is 63.1 cm³/mol. The Labute approximate surface area is 107 Å². The molecule has 0 unspecified atom stereocenters. The maximum absolute atomic E-state index is 11.5. The fourth-order valence-corrected chi connectivity index (χ4v) is 1.57. The van der Waals surface area contributed by atoms with Crippen LogP contribution in [0.25, 0.3) is 0 Å². The van der Waals surface area contributed by atoms with Crippen molar-refractivity contribution in [2.24, 2.45) is 5.90 Å². The standard InChI is InChI=1S/C10H11N3O6/c1-10(2,9(14)19-11)7-4-3-6(12(15)16)5-8(7)13(17)18/h3-5H,11H2,1-2H3. The second kappa shape index (κ2) is 4.98. The van der Waals surface area contributed by atoms with Crippen molar-refractivity contribution in [3.05, 3.63) is 44.0 Å². The van der Waals surface area contributed by atoms with Gasteiger partial charge in [-0.1, -0.05) is 0 Å². The Morgan fingerprint density at radius 3 is 2.26 bits per heavy atom. The lowest BCUT2D eigenvalue weighted by molar-refractivity contribution is -0.394. The van der Waals surface area contributed by atoms with Crippen LogP contribution >= 0.6 is 0 Å². The van der Waals surface area contributed by atoms with Gasteiger partial charge in [-0.3, -0.25) is 20.2 Å². The van der Waals surface area contributed by atoms with Gasteiger partial charge in [-0.25, -0.2) is 4.79 Å². The monoisotopic (exact) mass is 269 g/mol. The molecule has 1 aromatic carbocycles. The van der Waals surface area contributed by atoms with Gasteiger partial charge in [-0.05, 0) is 19.9 Å². The van der Waals surface area contributed by atoms with E-state index >= 15 is 0 Å². The average Bonchev–Trinajstić information content (AvgIpc) is 2.36. The zero-order valence-electron chi connectivity index (χ0n) is 10.2. The average molecular weight is 269 g/mol. The van der Waals surface area contributed by atoms with Crippen LogP contribution in [0.3, 0.4) is 0 Å². The van der Waals surface area contributed by atoms with Crippen LogP contribution in [0, 0.1) is 20.2 Å². The zero-order chi connectivity index (χ0) is 14.8. The Bertz CT molecular complexity index is 554. The van der Waals surface area contributed by atoms with Crippen LogP contribution in [0.5, 0.6) is 0 Å². The molecule has 0 aliphatic rings. The fraction of sp³-hybridized carbons (Fsp3) is 0.300. The Kier molecular flexibility index (Phi) is 3.80. The minimum atomic E-state index is -1.40. The van der Waals surface area contributed by atoms with E-state index in [0.717, 1.165) is 18.2 Å². The lowest BCUT2D eigenvalue weighted by atomic mass is 9.83. The van der Waals surface area contributed by atoms with Crippen molar-refractivity contribution in [1.82, 2.24) is 0 Å². The molecule has 0 spiro atoms. The number of nitrogens with zero attached hydrogens (tertiary/aromatic N) is 2. The number of nitro benzene ring substituents is 2. The summed E-state index contributed by atoms with van der Waals surface area (Å²) in [6.45, 7) is 2.74. The Hall–Kier alpha value is -2.55. The summed E-state index contributed by atoms with van der Waals surface area (Å²) in [4.78, 5) is 35.6. The number of hydrogen-bond donors (Lipinski definition) is 1. The molecule has 9 nitrogen and oxygen atoms in total. The van der Waals surface area contributed by atoms with Crippen molar-refractivity contribution in [3.63, 3.8) is 0 Å². The molecular formula is C10H11N3O6. The second-order valence-electron chi connectivity index (χ2n) is 4.25. The number of non-ortho nitro benzene ring substituents is 1. The summed E-state index contributed by atoms with van der Waals surface area (Å²) in [6.07, 6.45) is 0. The number of hydrogen-bond acceptors (Lipinski definition) is 7. The number of nitrogens with two attached hydrogens (primary N) is 1. The van der Waals surface area contributed by atoms with Gasteiger partial charge in [0.25, 0.3) is 11.4 Å². The van der Waals surface area contributed by atoms with E-state index in [1.165, 1.54) is 13.8 Å². The molecule has 1 rings (SSSR count). The number of benzene rings is 1. The zero-order valence-corrected chi connectivity index (χ0v) is 10.2. The topological polar surface area (TPSA) is 139 Å². The van der Waals surface area contributed by atoms with Gasteiger partial charge in [0.05, 0.1) is 21.3 Å². The van der Waals surface area contributed by atoms with Gasteiger partial charge in [0.2, 0.25) is 0 Å². The summed E-state index contributed by atoms with van der Waals surface area (Å²) in [7, 11) is 0. The lowest BCUT2D eigenvalue weighted by Gasteiger charge is -2.20. The highest BCUT2D eigenvalue weighted by Gasteiger charge is 2.38. The van der Waals surface area contributed by atoms with E-state index in [9.17, 15) is 25.0 Å².